The highest BCUT2D eigenvalue weighted by Gasteiger charge is 2.31. The van der Waals surface area contributed by atoms with Gasteiger partial charge in [0.15, 0.2) is 11.5 Å². The molecule has 4 aromatic heterocycles. The van der Waals surface area contributed by atoms with Crippen molar-refractivity contribution < 1.29 is 22.7 Å². The van der Waals surface area contributed by atoms with Crippen LogP contribution in [-0.4, -0.2) is 73.1 Å². The lowest BCUT2D eigenvalue weighted by Crippen LogP contribution is -2.45. The Labute approximate surface area is 222 Å². The van der Waals surface area contributed by atoms with E-state index < -0.39 is 12.3 Å². The molecule has 3 N–H and O–H groups in total. The largest absolute Gasteiger partial charge is 0.435 e. The monoisotopic (exact) mass is 538 g/mol. The van der Waals surface area contributed by atoms with Crippen LogP contribution in [0.15, 0.2) is 41.2 Å². The van der Waals surface area contributed by atoms with Gasteiger partial charge in [-0.25, -0.2) is 18.7 Å². The lowest BCUT2D eigenvalue weighted by Gasteiger charge is -2.38. The topological polar surface area (TPSA) is 141 Å². The molecule has 11 nitrogen and oxygen atoms in total. The molecule has 6 rings (SSSR count). The summed E-state index contributed by atoms with van der Waals surface area (Å²) >= 11 is 0. The van der Waals surface area contributed by atoms with Crippen LogP contribution in [-0.2, 0) is 4.74 Å². The van der Waals surface area contributed by atoms with Crippen LogP contribution in [0.25, 0.3) is 34.2 Å². The van der Waals surface area contributed by atoms with E-state index in [1.54, 1.807) is 18.5 Å². The van der Waals surface area contributed by atoms with Crippen LogP contribution >= 0.6 is 0 Å². The molecule has 2 aliphatic rings. The van der Waals surface area contributed by atoms with Gasteiger partial charge in [0.05, 0.1) is 42.3 Å². The smallest absolute Gasteiger partial charge is 0.280 e. The molecule has 0 aromatic carbocycles. The summed E-state index contributed by atoms with van der Waals surface area (Å²) in [4.78, 5) is 23.3. The first-order valence-corrected chi connectivity index (χ1v) is 12.9. The predicted octanol–water partition coefficient (Wildman–Crippen LogP) is 3.84. The molecule has 1 aliphatic heterocycles. The number of rotatable bonds is 7. The summed E-state index contributed by atoms with van der Waals surface area (Å²) in [6, 6.07) is 4.96. The summed E-state index contributed by atoms with van der Waals surface area (Å²) in [6.45, 7) is 3.41. The van der Waals surface area contributed by atoms with Crippen molar-refractivity contribution in [2.24, 2.45) is 5.73 Å². The fourth-order valence-electron chi connectivity index (χ4n) is 5.43. The van der Waals surface area contributed by atoms with Crippen molar-refractivity contribution in [3.63, 3.8) is 0 Å². The molecular formula is C26H28F2N8O3. The quantitative estimate of drug-likeness (QED) is 0.362. The number of primary amides is 1. The van der Waals surface area contributed by atoms with Gasteiger partial charge in [0.2, 0.25) is 5.89 Å². The van der Waals surface area contributed by atoms with Crippen molar-refractivity contribution in [1.29, 1.82) is 0 Å². The second-order valence-electron chi connectivity index (χ2n) is 9.78. The Hall–Kier alpha value is -3.97. The number of hydrogen-bond donors (Lipinski definition) is 2. The van der Waals surface area contributed by atoms with Gasteiger partial charge in [0, 0.05) is 31.5 Å². The van der Waals surface area contributed by atoms with Gasteiger partial charge >= 0.3 is 0 Å². The van der Waals surface area contributed by atoms with Gasteiger partial charge in [-0.05, 0) is 37.8 Å². The van der Waals surface area contributed by atoms with Crippen LogP contribution < -0.4 is 5.73 Å². The Kier molecular flexibility index (Phi) is 6.92. The molecule has 0 unspecified atom stereocenters. The minimum atomic E-state index is -2.75. The molecule has 0 atom stereocenters. The van der Waals surface area contributed by atoms with Gasteiger partial charge in [-0.1, -0.05) is 6.07 Å². The third-order valence-electron chi connectivity index (χ3n) is 7.42. The van der Waals surface area contributed by atoms with Crippen LogP contribution in [0.2, 0.25) is 0 Å². The molecule has 39 heavy (non-hydrogen) atoms. The van der Waals surface area contributed by atoms with E-state index in [4.69, 9.17) is 20.0 Å². The van der Waals surface area contributed by atoms with E-state index in [2.05, 4.69) is 25.1 Å². The van der Waals surface area contributed by atoms with Crippen molar-refractivity contribution in [3.05, 3.63) is 48.2 Å². The van der Waals surface area contributed by atoms with Crippen LogP contribution in [0, 0.1) is 0 Å². The van der Waals surface area contributed by atoms with Crippen LogP contribution in [0.3, 0.4) is 0 Å². The Morgan fingerprint density at radius 3 is 2.56 bits per heavy atom. The number of aromatic nitrogens is 6. The van der Waals surface area contributed by atoms with E-state index in [1.165, 1.54) is 18.3 Å². The van der Waals surface area contributed by atoms with Gasteiger partial charge in [-0.15, -0.1) is 0 Å². The average Bonchev–Trinajstić information content (AvgIpc) is 3.73. The number of morpholine rings is 1. The predicted molar refractivity (Wildman–Crippen MR) is 136 cm³/mol. The molecular weight excluding hydrogens is 510 g/mol. The number of pyridine rings is 1. The summed E-state index contributed by atoms with van der Waals surface area (Å²) in [7, 11) is 0. The first-order valence-electron chi connectivity index (χ1n) is 12.9. The standard InChI is InChI=1S/C26H28F2N8O3/c27-24(28)20-3-1-2-19(32-20)21-18(23-22(25(29)37)33-26(39-23)15-12-30-31-13-15)14-36(34-21)17-6-4-16(5-7-17)35-8-10-38-11-9-35/h1-3,12-14,16-17,24H,4-11H2,(H2,29,37)(H,30,31). The van der Waals surface area contributed by atoms with Crippen LogP contribution in [0.5, 0.6) is 0 Å². The van der Waals surface area contributed by atoms with E-state index in [0.29, 0.717) is 22.9 Å². The lowest BCUT2D eigenvalue weighted by atomic mass is 9.90. The molecule has 5 heterocycles. The van der Waals surface area contributed by atoms with Gasteiger partial charge in [-0.2, -0.15) is 10.2 Å². The highest BCUT2D eigenvalue weighted by atomic mass is 19.3. The first-order chi connectivity index (χ1) is 19.0. The van der Waals surface area contributed by atoms with Gasteiger partial charge in [-0.3, -0.25) is 19.5 Å². The second kappa shape index (κ2) is 10.7. The Balaban J connectivity index is 1.38. The zero-order chi connectivity index (χ0) is 26.9. The van der Waals surface area contributed by atoms with E-state index in [-0.39, 0.29) is 34.8 Å². The highest BCUT2D eigenvalue weighted by molar-refractivity contribution is 5.98. The number of halogens is 2. The first kappa shape index (κ1) is 25.3. The Morgan fingerprint density at radius 2 is 1.87 bits per heavy atom. The number of nitrogens with two attached hydrogens (primary N) is 1. The van der Waals surface area contributed by atoms with Crippen LogP contribution in [0.4, 0.5) is 8.78 Å². The molecule has 4 aromatic rings. The number of alkyl halides is 2. The average molecular weight is 539 g/mol. The maximum atomic E-state index is 13.5. The van der Waals surface area contributed by atoms with E-state index in [0.717, 1.165) is 52.0 Å². The maximum Gasteiger partial charge on any atom is 0.280 e. The normalized spacial score (nSPS) is 20.5. The highest BCUT2D eigenvalue weighted by Crippen LogP contribution is 2.39. The summed E-state index contributed by atoms with van der Waals surface area (Å²) < 4.78 is 40.4. The Morgan fingerprint density at radius 1 is 1.10 bits per heavy atom. The van der Waals surface area contributed by atoms with Crippen molar-refractivity contribution >= 4 is 5.91 Å². The number of nitrogens with one attached hydrogen (secondary N) is 1. The number of carbonyl (C=O) groups excluding carboxylic acids is 1. The third-order valence-corrected chi connectivity index (χ3v) is 7.42. The Bertz CT molecular complexity index is 1440. The number of carbonyl (C=O) groups is 1. The molecule has 1 amide bonds. The zero-order valence-corrected chi connectivity index (χ0v) is 21.1. The summed E-state index contributed by atoms with van der Waals surface area (Å²) in [6.07, 6.45) is 5.92. The minimum Gasteiger partial charge on any atom is -0.435 e. The summed E-state index contributed by atoms with van der Waals surface area (Å²) in [5.41, 5.74) is 6.68. The number of ether oxygens (including phenoxy) is 1. The zero-order valence-electron chi connectivity index (χ0n) is 21.1. The molecule has 1 saturated carbocycles. The van der Waals surface area contributed by atoms with Crippen molar-refractivity contribution in [3.8, 4) is 34.2 Å². The molecule has 0 bridgehead atoms. The molecule has 204 valence electrons. The summed E-state index contributed by atoms with van der Waals surface area (Å²) in [5, 5.41) is 11.4. The fourth-order valence-corrected chi connectivity index (χ4v) is 5.43. The molecule has 1 aliphatic carbocycles. The summed E-state index contributed by atoms with van der Waals surface area (Å²) in [5.74, 6) is -0.541. The van der Waals surface area contributed by atoms with Crippen molar-refractivity contribution in [1.82, 2.24) is 34.8 Å². The number of aromatic amines is 1. The van der Waals surface area contributed by atoms with E-state index >= 15 is 0 Å². The number of nitrogens with zero attached hydrogens (tertiary/aromatic N) is 6. The SMILES string of the molecule is NC(=O)c1nc(-c2cn[nH]c2)oc1-c1cn(C2CCC(N3CCOCC3)CC2)nc1-c1cccc(C(F)F)n1. The number of amides is 1. The fraction of sp³-hybridized carbons (Fsp3) is 0.423. The lowest BCUT2D eigenvalue weighted by molar-refractivity contribution is 0.00507. The van der Waals surface area contributed by atoms with Crippen molar-refractivity contribution in [2.45, 2.75) is 44.2 Å². The molecule has 0 spiro atoms. The molecule has 1 saturated heterocycles. The van der Waals surface area contributed by atoms with E-state index in [1.807, 2.05) is 4.68 Å². The number of oxazole rings is 1. The van der Waals surface area contributed by atoms with Gasteiger partial charge in [0.1, 0.15) is 11.4 Å². The number of hydrogen-bond acceptors (Lipinski definition) is 8. The molecule has 13 heteroatoms. The van der Waals surface area contributed by atoms with Gasteiger partial charge in [0.25, 0.3) is 12.3 Å². The molecule has 0 radical (unpaired) electrons. The van der Waals surface area contributed by atoms with Gasteiger partial charge < -0.3 is 14.9 Å². The minimum absolute atomic E-state index is 0.0846. The van der Waals surface area contributed by atoms with Crippen molar-refractivity contribution in [2.75, 3.05) is 26.3 Å². The second-order valence-corrected chi connectivity index (χ2v) is 9.78. The van der Waals surface area contributed by atoms with Crippen LogP contribution in [0.1, 0.15) is 54.3 Å². The maximum absolute atomic E-state index is 13.5. The van der Waals surface area contributed by atoms with E-state index in [9.17, 15) is 13.6 Å². The number of H-pyrrole nitrogens is 1. The third kappa shape index (κ3) is 5.06. The molecule has 2 fully saturated rings.